The van der Waals surface area contributed by atoms with E-state index in [2.05, 4.69) is 40.3 Å². The molecule has 1 aromatic rings. The summed E-state index contributed by atoms with van der Waals surface area (Å²) >= 11 is 3.54. The fraction of sp³-hybridized carbons (Fsp3) is 0.571. The van der Waals surface area contributed by atoms with Crippen LogP contribution in [0.1, 0.15) is 24.8 Å². The number of nitrogens with one attached hydrogen (secondary N) is 1. The van der Waals surface area contributed by atoms with Crippen LogP contribution >= 0.6 is 15.9 Å². The normalized spacial score (nSPS) is 20.2. The smallest absolute Gasteiger partial charge is 0.133 e. The topological polar surface area (TPSA) is 21.3 Å². The zero-order chi connectivity index (χ0) is 12.1. The number of benzene rings is 1. The summed E-state index contributed by atoms with van der Waals surface area (Å²) in [5.41, 5.74) is 1.25. The Hall–Kier alpha value is -0.540. The molecule has 0 aromatic heterocycles. The van der Waals surface area contributed by atoms with Gasteiger partial charge in [0.15, 0.2) is 0 Å². The number of piperidine rings is 1. The standard InChI is InChI=1S/C14H20BrNO/c1-11-4-5-14(13(15)9-11)17-8-6-12-3-2-7-16-10-12/h4-5,9,12,16H,2-3,6-8,10H2,1H3. The van der Waals surface area contributed by atoms with Crippen LogP contribution in [0.2, 0.25) is 0 Å². The van der Waals surface area contributed by atoms with Crippen molar-refractivity contribution in [1.82, 2.24) is 5.32 Å². The summed E-state index contributed by atoms with van der Waals surface area (Å²) < 4.78 is 6.87. The van der Waals surface area contributed by atoms with Gasteiger partial charge in [0, 0.05) is 0 Å². The fourth-order valence-corrected chi connectivity index (χ4v) is 2.84. The van der Waals surface area contributed by atoms with E-state index in [1.165, 1.54) is 24.9 Å². The summed E-state index contributed by atoms with van der Waals surface area (Å²) in [6, 6.07) is 6.22. The molecule has 1 aliphatic rings. The minimum absolute atomic E-state index is 0.785. The van der Waals surface area contributed by atoms with Gasteiger partial charge in [0.2, 0.25) is 0 Å². The summed E-state index contributed by atoms with van der Waals surface area (Å²) in [4.78, 5) is 0. The first-order valence-electron chi connectivity index (χ1n) is 6.35. The average molecular weight is 298 g/mol. The molecule has 1 aliphatic heterocycles. The highest BCUT2D eigenvalue weighted by Gasteiger charge is 2.12. The van der Waals surface area contributed by atoms with E-state index in [9.17, 15) is 0 Å². The van der Waals surface area contributed by atoms with Crippen LogP contribution in [0, 0.1) is 12.8 Å². The molecule has 1 saturated heterocycles. The van der Waals surface area contributed by atoms with Crippen molar-refractivity contribution >= 4 is 15.9 Å². The highest BCUT2D eigenvalue weighted by atomic mass is 79.9. The predicted molar refractivity (Wildman–Crippen MR) is 74.6 cm³/mol. The zero-order valence-electron chi connectivity index (χ0n) is 10.3. The van der Waals surface area contributed by atoms with Crippen LogP contribution in [0.4, 0.5) is 0 Å². The number of hydrogen-bond acceptors (Lipinski definition) is 2. The summed E-state index contributed by atoms with van der Waals surface area (Å²) in [6.45, 7) is 5.23. The lowest BCUT2D eigenvalue weighted by Crippen LogP contribution is -2.30. The molecule has 0 saturated carbocycles. The van der Waals surface area contributed by atoms with Crippen LogP contribution in [-0.2, 0) is 0 Å². The number of rotatable bonds is 4. The largest absolute Gasteiger partial charge is 0.492 e. The number of hydrogen-bond donors (Lipinski definition) is 1. The minimum atomic E-state index is 0.785. The van der Waals surface area contributed by atoms with Gasteiger partial charge in [-0.3, -0.25) is 0 Å². The van der Waals surface area contributed by atoms with Crippen LogP contribution in [0.3, 0.4) is 0 Å². The average Bonchev–Trinajstić information content (AvgIpc) is 2.33. The fourth-order valence-electron chi connectivity index (χ4n) is 2.23. The van der Waals surface area contributed by atoms with E-state index in [0.717, 1.165) is 35.7 Å². The molecule has 1 N–H and O–H groups in total. The Morgan fingerprint density at radius 1 is 1.47 bits per heavy atom. The van der Waals surface area contributed by atoms with Crippen molar-refractivity contribution in [3.05, 3.63) is 28.2 Å². The SMILES string of the molecule is Cc1ccc(OCCC2CCCNC2)c(Br)c1. The van der Waals surface area contributed by atoms with E-state index in [1.54, 1.807) is 0 Å². The Balaban J connectivity index is 1.77. The van der Waals surface area contributed by atoms with Crippen molar-refractivity contribution < 1.29 is 4.74 Å². The Kier molecular flexibility index (Phi) is 4.86. The highest BCUT2D eigenvalue weighted by molar-refractivity contribution is 9.10. The molecular formula is C14H20BrNO. The van der Waals surface area contributed by atoms with Gasteiger partial charge in [0.05, 0.1) is 11.1 Å². The van der Waals surface area contributed by atoms with E-state index < -0.39 is 0 Å². The molecule has 2 rings (SSSR count). The third kappa shape index (κ3) is 4.00. The first kappa shape index (κ1) is 12.9. The Morgan fingerprint density at radius 2 is 2.35 bits per heavy atom. The van der Waals surface area contributed by atoms with Crippen molar-refractivity contribution in [2.45, 2.75) is 26.2 Å². The molecule has 1 fully saturated rings. The van der Waals surface area contributed by atoms with Gasteiger partial charge in [-0.25, -0.2) is 0 Å². The second-order valence-corrected chi connectivity index (χ2v) is 5.64. The molecular weight excluding hydrogens is 278 g/mol. The van der Waals surface area contributed by atoms with Crippen LogP contribution in [-0.4, -0.2) is 19.7 Å². The maximum Gasteiger partial charge on any atom is 0.133 e. The maximum absolute atomic E-state index is 5.82. The van der Waals surface area contributed by atoms with Gasteiger partial charge in [-0.1, -0.05) is 6.07 Å². The molecule has 1 unspecified atom stereocenters. The quantitative estimate of drug-likeness (QED) is 0.918. The Morgan fingerprint density at radius 3 is 3.06 bits per heavy atom. The van der Waals surface area contributed by atoms with Crippen molar-refractivity contribution in [2.24, 2.45) is 5.92 Å². The summed E-state index contributed by atoms with van der Waals surface area (Å²) in [7, 11) is 0. The van der Waals surface area contributed by atoms with Crippen LogP contribution in [0.5, 0.6) is 5.75 Å². The first-order valence-corrected chi connectivity index (χ1v) is 7.14. The molecule has 3 heteroatoms. The van der Waals surface area contributed by atoms with Gasteiger partial charge in [0.25, 0.3) is 0 Å². The number of ether oxygens (including phenoxy) is 1. The van der Waals surface area contributed by atoms with E-state index >= 15 is 0 Å². The lowest BCUT2D eigenvalue weighted by Gasteiger charge is -2.22. The molecule has 1 heterocycles. The maximum atomic E-state index is 5.82. The molecule has 0 bridgehead atoms. The van der Waals surface area contributed by atoms with E-state index in [1.807, 2.05) is 6.07 Å². The zero-order valence-corrected chi connectivity index (χ0v) is 11.9. The summed E-state index contributed by atoms with van der Waals surface area (Å²) in [6.07, 6.45) is 3.79. The van der Waals surface area contributed by atoms with Gasteiger partial charge in [-0.05, 0) is 78.8 Å². The van der Waals surface area contributed by atoms with Crippen LogP contribution in [0.25, 0.3) is 0 Å². The second-order valence-electron chi connectivity index (χ2n) is 4.78. The lowest BCUT2D eigenvalue weighted by molar-refractivity contribution is 0.253. The van der Waals surface area contributed by atoms with E-state index in [-0.39, 0.29) is 0 Å². The van der Waals surface area contributed by atoms with Crippen LogP contribution in [0.15, 0.2) is 22.7 Å². The third-order valence-corrected chi connectivity index (χ3v) is 3.89. The van der Waals surface area contributed by atoms with Gasteiger partial charge < -0.3 is 10.1 Å². The van der Waals surface area contributed by atoms with Gasteiger partial charge in [-0.15, -0.1) is 0 Å². The minimum Gasteiger partial charge on any atom is -0.492 e. The van der Waals surface area contributed by atoms with E-state index in [4.69, 9.17) is 4.74 Å². The lowest BCUT2D eigenvalue weighted by atomic mass is 9.97. The molecule has 17 heavy (non-hydrogen) atoms. The number of aryl methyl sites for hydroxylation is 1. The molecule has 0 aliphatic carbocycles. The molecule has 2 nitrogen and oxygen atoms in total. The molecule has 0 amide bonds. The van der Waals surface area contributed by atoms with Gasteiger partial charge >= 0.3 is 0 Å². The van der Waals surface area contributed by atoms with E-state index in [0.29, 0.717) is 0 Å². The first-order chi connectivity index (χ1) is 8.25. The number of halogens is 1. The molecule has 1 atom stereocenters. The molecule has 1 aromatic carbocycles. The molecule has 0 spiro atoms. The predicted octanol–water partition coefficient (Wildman–Crippen LogP) is 3.53. The van der Waals surface area contributed by atoms with Gasteiger partial charge in [-0.2, -0.15) is 0 Å². The van der Waals surface area contributed by atoms with Crippen molar-refractivity contribution in [3.63, 3.8) is 0 Å². The third-order valence-electron chi connectivity index (χ3n) is 3.27. The van der Waals surface area contributed by atoms with Gasteiger partial charge in [0.1, 0.15) is 5.75 Å². The summed E-state index contributed by atoms with van der Waals surface area (Å²) in [5.74, 6) is 1.74. The Labute approximate surface area is 112 Å². The monoisotopic (exact) mass is 297 g/mol. The second kappa shape index (κ2) is 6.41. The summed E-state index contributed by atoms with van der Waals surface area (Å²) in [5, 5.41) is 3.44. The van der Waals surface area contributed by atoms with Crippen molar-refractivity contribution in [1.29, 1.82) is 0 Å². The van der Waals surface area contributed by atoms with Crippen molar-refractivity contribution in [3.8, 4) is 5.75 Å². The Bertz CT molecular complexity index is 361. The highest BCUT2D eigenvalue weighted by Crippen LogP contribution is 2.26. The van der Waals surface area contributed by atoms with Crippen LogP contribution < -0.4 is 10.1 Å². The molecule has 0 radical (unpaired) electrons. The molecule has 94 valence electrons. The van der Waals surface area contributed by atoms with Crippen molar-refractivity contribution in [2.75, 3.05) is 19.7 Å².